The zero-order valence-electron chi connectivity index (χ0n) is 14.8. The molecule has 1 aromatic carbocycles. The fraction of sp³-hybridized carbons (Fsp3) is 0.316. The van der Waals surface area contributed by atoms with Gasteiger partial charge in [-0.15, -0.1) is 0 Å². The predicted molar refractivity (Wildman–Crippen MR) is 98.6 cm³/mol. The Morgan fingerprint density at radius 2 is 1.82 bits per heavy atom. The van der Waals surface area contributed by atoms with Crippen LogP contribution in [0.4, 0.5) is 19.0 Å². The van der Waals surface area contributed by atoms with Crippen LogP contribution in [0.25, 0.3) is 5.69 Å². The highest BCUT2D eigenvalue weighted by Gasteiger charge is 2.35. The third kappa shape index (κ3) is 3.69. The van der Waals surface area contributed by atoms with Crippen molar-refractivity contribution in [2.45, 2.75) is 24.9 Å². The van der Waals surface area contributed by atoms with Crippen LogP contribution in [0.15, 0.2) is 48.9 Å². The number of aromatic nitrogens is 4. The third-order valence-electron chi connectivity index (χ3n) is 4.95. The summed E-state index contributed by atoms with van der Waals surface area (Å²) in [5.74, 6) is 1.62. The Kier molecular flexibility index (Phi) is 4.97. The van der Waals surface area contributed by atoms with Gasteiger partial charge in [0.25, 0.3) is 5.82 Å². The van der Waals surface area contributed by atoms with Gasteiger partial charge in [-0.1, -0.05) is 29.8 Å². The Labute approximate surface area is 164 Å². The largest absolute Gasteiger partial charge is 0.419 e. The average molecular weight is 409 g/mol. The minimum absolute atomic E-state index is 0.0701. The number of hydrogen-bond donors (Lipinski definition) is 0. The van der Waals surface area contributed by atoms with Crippen LogP contribution < -0.4 is 9.88 Å². The maximum atomic E-state index is 12.8. The Hall–Kier alpha value is -2.61. The number of nitrogens with one attached hydrogen (secondary N) is 1. The highest BCUT2D eigenvalue weighted by molar-refractivity contribution is 6.32. The first kappa shape index (κ1) is 18.7. The topological polar surface area (TPSA) is 48.1 Å². The number of H-pyrrole nitrogens is 1. The summed E-state index contributed by atoms with van der Waals surface area (Å²) in [5, 5.41) is 4.41. The van der Waals surface area contributed by atoms with Crippen LogP contribution in [0.3, 0.4) is 0 Å². The van der Waals surface area contributed by atoms with E-state index in [1.54, 1.807) is 6.33 Å². The fourth-order valence-corrected chi connectivity index (χ4v) is 3.82. The molecular weight excluding hydrogens is 391 g/mol. The number of piperidine rings is 1. The highest BCUT2D eigenvalue weighted by Crippen LogP contribution is 2.34. The van der Waals surface area contributed by atoms with Gasteiger partial charge in [0.05, 0.1) is 24.3 Å². The van der Waals surface area contributed by atoms with Crippen molar-refractivity contribution in [2.24, 2.45) is 0 Å². The van der Waals surface area contributed by atoms with Crippen molar-refractivity contribution >= 4 is 17.4 Å². The van der Waals surface area contributed by atoms with Crippen LogP contribution in [0.5, 0.6) is 0 Å². The number of pyridine rings is 1. The van der Waals surface area contributed by atoms with E-state index in [0.717, 1.165) is 36.6 Å². The predicted octanol–water partition coefficient (Wildman–Crippen LogP) is 4.14. The quantitative estimate of drug-likeness (QED) is 0.654. The summed E-state index contributed by atoms with van der Waals surface area (Å²) in [6.07, 6.45) is -0.310. The van der Waals surface area contributed by atoms with Gasteiger partial charge in [-0.2, -0.15) is 18.3 Å². The van der Waals surface area contributed by atoms with Crippen molar-refractivity contribution in [1.29, 1.82) is 0 Å². The molecular formula is C19H18ClF3N5+. The SMILES string of the molecule is FC(F)(F)c1c[nH+]c(N2CCC(c3ncnn3-c3ccccc3)CC2)c(Cl)c1. The summed E-state index contributed by atoms with van der Waals surface area (Å²) in [7, 11) is 0. The van der Waals surface area contributed by atoms with Gasteiger partial charge in [0.2, 0.25) is 0 Å². The van der Waals surface area contributed by atoms with Gasteiger partial charge in [-0.05, 0) is 31.0 Å². The summed E-state index contributed by atoms with van der Waals surface area (Å²) in [6.45, 7) is 1.32. The van der Waals surface area contributed by atoms with Gasteiger partial charge < -0.3 is 0 Å². The van der Waals surface area contributed by atoms with E-state index >= 15 is 0 Å². The molecule has 0 saturated carbocycles. The average Bonchev–Trinajstić information content (AvgIpc) is 3.18. The lowest BCUT2D eigenvalue weighted by Crippen LogP contribution is -2.37. The molecule has 4 rings (SSSR count). The second kappa shape index (κ2) is 7.43. The third-order valence-corrected chi connectivity index (χ3v) is 5.24. The first-order valence-electron chi connectivity index (χ1n) is 8.92. The monoisotopic (exact) mass is 408 g/mol. The smallest absolute Gasteiger partial charge is 0.260 e. The second-order valence-corrected chi connectivity index (χ2v) is 7.12. The Bertz CT molecular complexity index is 950. The second-order valence-electron chi connectivity index (χ2n) is 6.71. The molecule has 146 valence electrons. The maximum Gasteiger partial charge on any atom is 0.419 e. The molecule has 5 nitrogen and oxygen atoms in total. The lowest BCUT2D eigenvalue weighted by molar-refractivity contribution is -0.367. The van der Waals surface area contributed by atoms with Crippen LogP contribution >= 0.6 is 11.6 Å². The van der Waals surface area contributed by atoms with E-state index in [2.05, 4.69) is 15.1 Å². The van der Waals surface area contributed by atoms with E-state index in [-0.39, 0.29) is 10.9 Å². The Morgan fingerprint density at radius 1 is 1.11 bits per heavy atom. The number of anilines is 1. The molecule has 0 aliphatic carbocycles. The van der Waals surface area contributed by atoms with E-state index in [0.29, 0.717) is 18.9 Å². The van der Waals surface area contributed by atoms with Gasteiger partial charge >= 0.3 is 6.18 Å². The van der Waals surface area contributed by atoms with Crippen LogP contribution in [0, 0.1) is 0 Å². The Balaban J connectivity index is 1.49. The molecule has 1 saturated heterocycles. The molecule has 28 heavy (non-hydrogen) atoms. The van der Waals surface area contributed by atoms with Gasteiger partial charge in [-0.3, -0.25) is 4.90 Å². The fourth-order valence-electron chi connectivity index (χ4n) is 3.53. The van der Waals surface area contributed by atoms with E-state index in [4.69, 9.17) is 11.6 Å². The first-order chi connectivity index (χ1) is 13.4. The minimum Gasteiger partial charge on any atom is -0.260 e. The van der Waals surface area contributed by atoms with Gasteiger partial charge in [0, 0.05) is 5.92 Å². The molecule has 0 unspecified atom stereocenters. The van der Waals surface area contributed by atoms with Gasteiger partial charge in [-0.25, -0.2) is 14.6 Å². The van der Waals surface area contributed by atoms with Crippen LogP contribution in [0.1, 0.15) is 30.1 Å². The zero-order chi connectivity index (χ0) is 19.7. The van der Waals surface area contributed by atoms with Crippen molar-refractivity contribution in [1.82, 2.24) is 14.8 Å². The van der Waals surface area contributed by atoms with Crippen molar-refractivity contribution in [2.75, 3.05) is 18.0 Å². The molecule has 1 fully saturated rings. The molecule has 2 aromatic heterocycles. The Morgan fingerprint density at radius 3 is 2.46 bits per heavy atom. The van der Waals surface area contributed by atoms with Crippen LogP contribution in [0.2, 0.25) is 5.02 Å². The minimum atomic E-state index is -4.42. The normalized spacial score (nSPS) is 15.8. The van der Waals surface area contributed by atoms with Gasteiger partial charge in [0.1, 0.15) is 23.4 Å². The molecule has 0 spiro atoms. The van der Waals surface area contributed by atoms with E-state index < -0.39 is 11.7 Å². The lowest BCUT2D eigenvalue weighted by Gasteiger charge is -2.27. The molecule has 3 aromatic rings. The molecule has 0 radical (unpaired) electrons. The van der Waals surface area contributed by atoms with Crippen LogP contribution in [-0.2, 0) is 6.18 Å². The lowest BCUT2D eigenvalue weighted by atomic mass is 9.95. The summed E-state index contributed by atoms with van der Waals surface area (Å²) in [5.41, 5.74) is 0.170. The van der Waals surface area contributed by atoms with E-state index in [1.807, 2.05) is 39.9 Å². The molecule has 1 aliphatic rings. The van der Waals surface area contributed by atoms with Crippen LogP contribution in [-0.4, -0.2) is 27.9 Å². The summed E-state index contributed by atoms with van der Waals surface area (Å²) in [4.78, 5) is 9.13. The number of rotatable bonds is 3. The number of nitrogens with zero attached hydrogens (tertiary/aromatic N) is 4. The standard InChI is InChI=1S/C19H17ClF3N5/c20-16-10-14(19(21,22)23)11-24-18(16)27-8-6-13(7-9-27)17-25-12-26-28(17)15-4-2-1-3-5-15/h1-5,10-13H,6-9H2/p+1. The van der Waals surface area contributed by atoms with Crippen molar-refractivity contribution in [3.63, 3.8) is 0 Å². The number of benzene rings is 1. The number of para-hydroxylation sites is 1. The van der Waals surface area contributed by atoms with E-state index in [9.17, 15) is 13.2 Å². The number of halogens is 4. The van der Waals surface area contributed by atoms with Gasteiger partial charge in [0.15, 0.2) is 0 Å². The molecule has 1 N–H and O–H groups in total. The molecule has 9 heteroatoms. The molecule has 3 heterocycles. The highest BCUT2D eigenvalue weighted by atomic mass is 35.5. The number of aromatic amines is 1. The first-order valence-corrected chi connectivity index (χ1v) is 9.30. The van der Waals surface area contributed by atoms with Crippen molar-refractivity contribution in [3.05, 3.63) is 65.3 Å². The molecule has 0 amide bonds. The number of alkyl halides is 3. The van der Waals surface area contributed by atoms with Crippen molar-refractivity contribution < 1.29 is 18.2 Å². The molecule has 1 aliphatic heterocycles. The summed E-state index contributed by atoms with van der Waals surface area (Å²) in [6, 6.07) is 10.8. The molecule has 0 atom stereocenters. The number of hydrogen-bond acceptors (Lipinski definition) is 3. The maximum absolute atomic E-state index is 12.8. The summed E-state index contributed by atoms with van der Waals surface area (Å²) < 4.78 is 40.3. The summed E-state index contributed by atoms with van der Waals surface area (Å²) >= 11 is 6.11. The van der Waals surface area contributed by atoms with E-state index in [1.165, 1.54) is 0 Å². The molecule has 0 bridgehead atoms. The van der Waals surface area contributed by atoms with Crippen molar-refractivity contribution in [3.8, 4) is 5.69 Å². The zero-order valence-corrected chi connectivity index (χ0v) is 15.6.